The van der Waals surface area contributed by atoms with Crippen LogP contribution in [0, 0.1) is 6.92 Å². The van der Waals surface area contributed by atoms with Gasteiger partial charge in [0.05, 0.1) is 33.7 Å². The summed E-state index contributed by atoms with van der Waals surface area (Å²) in [7, 11) is 0. The first-order chi connectivity index (χ1) is 16.5. The highest BCUT2D eigenvalue weighted by Crippen LogP contribution is 2.27. The minimum atomic E-state index is -0.239. The number of aliphatic hydroxyl groups excluding tert-OH is 1. The van der Waals surface area contributed by atoms with Gasteiger partial charge in [-0.1, -0.05) is 22.9 Å². The third kappa shape index (κ3) is 5.19. The van der Waals surface area contributed by atoms with Gasteiger partial charge in [-0.15, -0.1) is 16.4 Å². The summed E-state index contributed by atoms with van der Waals surface area (Å²) in [5, 5.41) is 20.4. The number of rotatable bonds is 9. The van der Waals surface area contributed by atoms with Gasteiger partial charge in [-0.2, -0.15) is 0 Å². The van der Waals surface area contributed by atoms with Crippen LogP contribution < -0.4 is 15.6 Å². The molecule has 2 N–H and O–H groups in total. The number of carbonyl (C=O) groups excluding carboxylic acids is 1. The van der Waals surface area contributed by atoms with Crippen molar-refractivity contribution in [3.05, 3.63) is 85.7 Å². The molecule has 0 aliphatic rings. The molecule has 1 amide bonds. The van der Waals surface area contributed by atoms with Crippen LogP contribution in [0.2, 0.25) is 4.34 Å². The summed E-state index contributed by atoms with van der Waals surface area (Å²) < 4.78 is 9.58. The van der Waals surface area contributed by atoms with Gasteiger partial charge in [-0.3, -0.25) is 14.2 Å². The molecular formula is C23H22ClN5O4S. The first kappa shape index (κ1) is 23.7. The van der Waals surface area contributed by atoms with Crippen molar-refractivity contribution in [2.24, 2.45) is 0 Å². The number of pyridine rings is 1. The molecule has 0 aliphatic heterocycles. The highest BCUT2D eigenvalue weighted by Gasteiger charge is 2.17. The molecule has 34 heavy (non-hydrogen) atoms. The van der Waals surface area contributed by atoms with E-state index in [1.54, 1.807) is 53.3 Å². The van der Waals surface area contributed by atoms with E-state index < -0.39 is 0 Å². The van der Waals surface area contributed by atoms with Gasteiger partial charge < -0.3 is 15.2 Å². The number of carbonyl (C=O) groups is 1. The Hall–Kier alpha value is -3.47. The monoisotopic (exact) mass is 499 g/mol. The van der Waals surface area contributed by atoms with Gasteiger partial charge in [0.2, 0.25) is 0 Å². The van der Waals surface area contributed by atoms with Crippen LogP contribution in [0.15, 0.2) is 59.5 Å². The van der Waals surface area contributed by atoms with E-state index in [9.17, 15) is 9.59 Å². The lowest BCUT2D eigenvalue weighted by Gasteiger charge is -2.15. The molecule has 0 saturated heterocycles. The standard InChI is InChI=1S/C23H22ClN5O4S/c1-15-17(14-25-23(32)20-8-9-21(24)34-20)26-27-29(15)18-7-6-16(13-19(18)33-12-4-11-30)28-10-3-2-5-22(28)31/h2-3,5-10,13,30H,4,11-12,14H2,1H3,(H,25,32). The zero-order chi connectivity index (χ0) is 24.1. The zero-order valence-corrected chi connectivity index (χ0v) is 19.8. The van der Waals surface area contributed by atoms with Crippen molar-refractivity contribution in [2.75, 3.05) is 13.2 Å². The smallest absolute Gasteiger partial charge is 0.261 e. The van der Waals surface area contributed by atoms with Crippen LogP contribution in [0.1, 0.15) is 27.5 Å². The molecule has 1 aromatic carbocycles. The molecule has 0 saturated carbocycles. The number of hydrogen-bond donors (Lipinski definition) is 2. The van der Waals surface area contributed by atoms with Crippen molar-refractivity contribution in [3.63, 3.8) is 0 Å². The maximum absolute atomic E-state index is 12.3. The molecule has 0 atom stereocenters. The molecule has 9 nitrogen and oxygen atoms in total. The number of thiophene rings is 1. The molecular weight excluding hydrogens is 478 g/mol. The SMILES string of the molecule is Cc1c(CNC(=O)c2ccc(Cl)s2)nnn1-c1ccc(-n2ccccc2=O)cc1OCCCO. The zero-order valence-electron chi connectivity index (χ0n) is 18.3. The van der Waals surface area contributed by atoms with Crippen LogP contribution in [0.25, 0.3) is 11.4 Å². The molecule has 4 aromatic rings. The van der Waals surface area contributed by atoms with E-state index in [-0.39, 0.29) is 31.2 Å². The first-order valence-corrected chi connectivity index (χ1v) is 11.7. The van der Waals surface area contributed by atoms with Crippen molar-refractivity contribution < 1.29 is 14.6 Å². The number of halogens is 1. The summed E-state index contributed by atoms with van der Waals surface area (Å²) >= 11 is 7.11. The second-order valence-corrected chi connectivity index (χ2v) is 9.02. The molecule has 0 unspecified atom stereocenters. The van der Waals surface area contributed by atoms with Gasteiger partial charge in [0, 0.05) is 31.4 Å². The number of nitrogens with zero attached hydrogens (tertiary/aromatic N) is 4. The molecule has 0 bridgehead atoms. The van der Waals surface area contributed by atoms with E-state index in [0.717, 1.165) is 5.69 Å². The average Bonchev–Trinajstić information content (AvgIpc) is 3.43. The van der Waals surface area contributed by atoms with E-state index in [2.05, 4.69) is 15.6 Å². The van der Waals surface area contributed by atoms with Crippen molar-refractivity contribution in [2.45, 2.75) is 19.9 Å². The quantitative estimate of drug-likeness (QED) is 0.342. The van der Waals surface area contributed by atoms with Crippen LogP contribution in [-0.4, -0.2) is 43.8 Å². The van der Waals surface area contributed by atoms with Crippen molar-refractivity contribution in [1.82, 2.24) is 24.9 Å². The summed E-state index contributed by atoms with van der Waals surface area (Å²) in [6, 6.07) is 13.6. The summed E-state index contributed by atoms with van der Waals surface area (Å²) in [6.45, 7) is 2.32. The number of aromatic nitrogens is 4. The second-order valence-electron chi connectivity index (χ2n) is 7.31. The Balaban J connectivity index is 1.61. The predicted molar refractivity (Wildman–Crippen MR) is 129 cm³/mol. The Kier molecular flexibility index (Phi) is 7.41. The lowest BCUT2D eigenvalue weighted by Crippen LogP contribution is -2.22. The van der Waals surface area contributed by atoms with Crippen molar-refractivity contribution >= 4 is 28.8 Å². The Labute approximate surface area is 204 Å². The predicted octanol–water partition coefficient (Wildman–Crippen LogP) is 3.13. The fourth-order valence-corrected chi connectivity index (χ4v) is 4.23. The second kappa shape index (κ2) is 10.6. The van der Waals surface area contributed by atoms with Crippen LogP contribution in [0.4, 0.5) is 0 Å². The van der Waals surface area contributed by atoms with Gasteiger partial charge in [0.1, 0.15) is 17.1 Å². The number of benzene rings is 1. The number of amides is 1. The fraction of sp³-hybridized carbons (Fsp3) is 0.217. The normalized spacial score (nSPS) is 10.9. The number of hydrogen-bond acceptors (Lipinski definition) is 7. The molecule has 0 aliphatic carbocycles. The van der Waals surface area contributed by atoms with Crippen LogP contribution in [-0.2, 0) is 6.54 Å². The summed E-state index contributed by atoms with van der Waals surface area (Å²) in [4.78, 5) is 25.1. The number of nitrogens with one attached hydrogen (secondary N) is 1. The van der Waals surface area contributed by atoms with Gasteiger partial charge in [0.15, 0.2) is 0 Å². The number of ether oxygens (including phenoxy) is 1. The van der Waals surface area contributed by atoms with E-state index in [1.165, 1.54) is 22.0 Å². The van der Waals surface area contributed by atoms with Crippen LogP contribution in [0.5, 0.6) is 5.75 Å². The molecule has 0 spiro atoms. The van der Waals surface area contributed by atoms with Crippen LogP contribution in [0.3, 0.4) is 0 Å². The Bertz CT molecular complexity index is 1360. The largest absolute Gasteiger partial charge is 0.491 e. The molecule has 0 radical (unpaired) electrons. The summed E-state index contributed by atoms with van der Waals surface area (Å²) in [5.41, 5.74) is 2.41. The summed E-state index contributed by atoms with van der Waals surface area (Å²) in [6.07, 6.45) is 2.13. The van der Waals surface area contributed by atoms with Gasteiger partial charge in [-0.05, 0) is 37.3 Å². The molecule has 11 heteroatoms. The molecule has 4 rings (SSSR count). The Morgan fingerprint density at radius 3 is 2.82 bits per heavy atom. The Morgan fingerprint density at radius 2 is 2.09 bits per heavy atom. The Morgan fingerprint density at radius 1 is 1.24 bits per heavy atom. The topological polar surface area (TPSA) is 111 Å². The maximum Gasteiger partial charge on any atom is 0.261 e. The minimum absolute atomic E-state index is 0.00514. The highest BCUT2D eigenvalue weighted by molar-refractivity contribution is 7.17. The van der Waals surface area contributed by atoms with E-state index in [0.29, 0.717) is 38.5 Å². The van der Waals surface area contributed by atoms with Crippen molar-refractivity contribution in [1.29, 1.82) is 0 Å². The lowest BCUT2D eigenvalue weighted by atomic mass is 10.2. The average molecular weight is 500 g/mol. The maximum atomic E-state index is 12.3. The van der Waals surface area contributed by atoms with E-state index >= 15 is 0 Å². The fourth-order valence-electron chi connectivity index (χ4n) is 3.27. The van der Waals surface area contributed by atoms with Gasteiger partial charge in [0.25, 0.3) is 11.5 Å². The number of aliphatic hydroxyl groups is 1. The third-order valence-electron chi connectivity index (χ3n) is 5.04. The highest BCUT2D eigenvalue weighted by atomic mass is 35.5. The molecule has 0 fully saturated rings. The van der Waals surface area contributed by atoms with Gasteiger partial charge in [-0.25, -0.2) is 4.68 Å². The minimum Gasteiger partial charge on any atom is -0.491 e. The van der Waals surface area contributed by atoms with Crippen LogP contribution >= 0.6 is 22.9 Å². The molecule has 176 valence electrons. The molecule has 3 heterocycles. The van der Waals surface area contributed by atoms with E-state index in [4.69, 9.17) is 21.4 Å². The third-order valence-corrected chi connectivity index (χ3v) is 6.27. The van der Waals surface area contributed by atoms with Crippen molar-refractivity contribution in [3.8, 4) is 17.1 Å². The molecule has 3 aromatic heterocycles. The first-order valence-electron chi connectivity index (χ1n) is 10.5. The summed E-state index contributed by atoms with van der Waals surface area (Å²) in [5.74, 6) is 0.245. The van der Waals surface area contributed by atoms with E-state index in [1.807, 2.05) is 6.92 Å². The lowest BCUT2D eigenvalue weighted by molar-refractivity contribution is 0.0954. The van der Waals surface area contributed by atoms with Gasteiger partial charge >= 0.3 is 0 Å².